The van der Waals surface area contributed by atoms with E-state index in [1.165, 1.54) is 23.3 Å². The zero-order valence-corrected chi connectivity index (χ0v) is 32.6. The predicted octanol–water partition coefficient (Wildman–Crippen LogP) is 14.7. The number of benzene rings is 8. The molecule has 0 saturated heterocycles. The first kappa shape index (κ1) is 36.0. The van der Waals surface area contributed by atoms with E-state index < -0.39 is 11.7 Å². The van der Waals surface area contributed by atoms with Crippen LogP contribution < -0.4 is 0 Å². The second kappa shape index (κ2) is 13.6. The summed E-state index contributed by atoms with van der Waals surface area (Å²) < 4.78 is 47.3. The Morgan fingerprint density at radius 2 is 0.831 bits per heavy atom. The molecule has 0 fully saturated rings. The van der Waals surface area contributed by atoms with E-state index in [2.05, 4.69) is 126 Å². The number of para-hydroxylation sites is 2. The van der Waals surface area contributed by atoms with Gasteiger partial charge in [-0.2, -0.15) is 18.4 Å². The molecule has 10 aromatic rings. The first-order valence-electron chi connectivity index (χ1n) is 19.5. The molecule has 0 amide bonds. The Kier molecular flexibility index (Phi) is 8.33. The van der Waals surface area contributed by atoms with Gasteiger partial charge < -0.3 is 9.13 Å². The third-order valence-electron chi connectivity index (χ3n) is 11.5. The smallest absolute Gasteiger partial charge is 0.308 e. The molecule has 0 aliphatic carbocycles. The largest absolute Gasteiger partial charge is 0.416 e. The molecule has 59 heavy (non-hydrogen) atoms. The van der Waals surface area contributed by atoms with Crippen LogP contribution in [0, 0.1) is 32.1 Å². The Labute approximate surface area is 339 Å². The van der Waals surface area contributed by atoms with Crippen LogP contribution in [0.4, 0.5) is 13.2 Å². The number of aryl methyl sites for hydroxylation is 3. The number of rotatable bonds is 5. The molecule has 0 saturated carbocycles. The standard InChI is InChI=1S/C53H36F3N3/c1-32-12-16-35(17-13-32)37-20-22-49-44(27-37)42-8-4-6-10-47(42)58(49)51-29-40(39-24-34(3)25-41(26-39)53(54,55)56)30-52(46(51)31-57)59-48-11-7-5-9-43(48)45-28-38(21-23-50(45)59)36-18-14-33(2)15-19-36/h4-30H,1-3H3. The van der Waals surface area contributed by atoms with Gasteiger partial charge in [0.1, 0.15) is 11.6 Å². The van der Waals surface area contributed by atoms with Gasteiger partial charge in [-0.1, -0.05) is 114 Å². The van der Waals surface area contributed by atoms with Crippen molar-refractivity contribution in [2.75, 3.05) is 0 Å². The maximum absolute atomic E-state index is 14.4. The summed E-state index contributed by atoms with van der Waals surface area (Å²) in [5.41, 5.74) is 12.5. The molecule has 284 valence electrons. The number of nitrogens with zero attached hydrogens (tertiary/aromatic N) is 3. The minimum atomic E-state index is -4.54. The van der Waals surface area contributed by atoms with Crippen LogP contribution in [0.3, 0.4) is 0 Å². The van der Waals surface area contributed by atoms with E-state index >= 15 is 0 Å². The molecular weight excluding hydrogens is 736 g/mol. The predicted molar refractivity (Wildman–Crippen MR) is 235 cm³/mol. The molecule has 2 aromatic heterocycles. The van der Waals surface area contributed by atoms with Crippen molar-refractivity contribution >= 4 is 43.6 Å². The fourth-order valence-electron chi connectivity index (χ4n) is 8.68. The second-order valence-electron chi connectivity index (χ2n) is 15.5. The fourth-order valence-corrected chi connectivity index (χ4v) is 8.68. The molecule has 0 spiro atoms. The number of nitriles is 1. The van der Waals surface area contributed by atoms with Gasteiger partial charge in [-0.25, -0.2) is 0 Å². The number of aromatic nitrogens is 2. The lowest BCUT2D eigenvalue weighted by Crippen LogP contribution is -2.07. The van der Waals surface area contributed by atoms with E-state index in [1.807, 2.05) is 48.5 Å². The summed E-state index contributed by atoms with van der Waals surface area (Å²) >= 11 is 0. The lowest BCUT2D eigenvalue weighted by molar-refractivity contribution is -0.137. The van der Waals surface area contributed by atoms with Crippen molar-refractivity contribution < 1.29 is 13.2 Å². The van der Waals surface area contributed by atoms with Crippen molar-refractivity contribution in [1.29, 1.82) is 5.26 Å². The Hall–Kier alpha value is -7.36. The average molecular weight is 772 g/mol. The van der Waals surface area contributed by atoms with Crippen LogP contribution in [0.15, 0.2) is 164 Å². The van der Waals surface area contributed by atoms with Crippen molar-refractivity contribution in [2.24, 2.45) is 0 Å². The van der Waals surface area contributed by atoms with Gasteiger partial charge in [0.05, 0.1) is 39.0 Å². The fraction of sp³-hybridized carbons (Fsp3) is 0.0755. The van der Waals surface area contributed by atoms with Crippen molar-refractivity contribution in [1.82, 2.24) is 9.13 Å². The van der Waals surface area contributed by atoms with E-state index in [-0.39, 0.29) is 0 Å². The van der Waals surface area contributed by atoms with Gasteiger partial charge in [-0.05, 0) is 120 Å². The molecule has 2 heterocycles. The monoisotopic (exact) mass is 771 g/mol. The van der Waals surface area contributed by atoms with Crippen LogP contribution in [0.1, 0.15) is 27.8 Å². The molecule has 0 aliphatic rings. The number of hydrogen-bond donors (Lipinski definition) is 0. The summed E-state index contributed by atoms with van der Waals surface area (Å²) in [5.74, 6) is 0. The summed E-state index contributed by atoms with van der Waals surface area (Å²) in [6.45, 7) is 5.82. The first-order valence-corrected chi connectivity index (χ1v) is 19.5. The number of hydrogen-bond acceptors (Lipinski definition) is 1. The van der Waals surface area contributed by atoms with Crippen LogP contribution in [-0.4, -0.2) is 9.13 Å². The van der Waals surface area contributed by atoms with Crippen molar-refractivity contribution in [3.05, 3.63) is 192 Å². The van der Waals surface area contributed by atoms with E-state index in [4.69, 9.17) is 0 Å². The van der Waals surface area contributed by atoms with Gasteiger partial charge in [0, 0.05) is 21.5 Å². The lowest BCUT2D eigenvalue weighted by atomic mass is 9.96. The SMILES string of the molecule is Cc1ccc(-c2ccc3c(c2)c2ccccc2n3-c2cc(-c3cc(C)cc(C(F)(F)F)c3)cc(-n3c4ccccc4c4cc(-c5ccc(C)cc5)ccc43)c2C#N)cc1. The van der Waals surface area contributed by atoms with Gasteiger partial charge in [-0.3, -0.25) is 0 Å². The minimum Gasteiger partial charge on any atom is -0.308 e. The minimum absolute atomic E-state index is 0.396. The molecule has 0 unspecified atom stereocenters. The molecule has 0 aliphatic heterocycles. The topological polar surface area (TPSA) is 33.6 Å². The maximum atomic E-state index is 14.4. The molecule has 0 N–H and O–H groups in total. The van der Waals surface area contributed by atoms with E-state index in [0.29, 0.717) is 33.6 Å². The van der Waals surface area contributed by atoms with Crippen molar-refractivity contribution in [3.63, 3.8) is 0 Å². The molecule has 0 bridgehead atoms. The quantitative estimate of drug-likeness (QED) is 0.172. The summed E-state index contributed by atoms with van der Waals surface area (Å²) in [7, 11) is 0. The third kappa shape index (κ3) is 6.06. The van der Waals surface area contributed by atoms with Crippen LogP contribution in [0.2, 0.25) is 0 Å². The van der Waals surface area contributed by atoms with Gasteiger partial charge in [0.15, 0.2) is 0 Å². The molecule has 10 rings (SSSR count). The van der Waals surface area contributed by atoms with Crippen molar-refractivity contribution in [3.8, 4) is 50.8 Å². The van der Waals surface area contributed by atoms with Crippen LogP contribution in [-0.2, 0) is 6.18 Å². The second-order valence-corrected chi connectivity index (χ2v) is 15.5. The Balaban J connectivity index is 1.30. The Morgan fingerprint density at radius 1 is 0.407 bits per heavy atom. The zero-order valence-electron chi connectivity index (χ0n) is 32.6. The Morgan fingerprint density at radius 3 is 1.29 bits per heavy atom. The highest BCUT2D eigenvalue weighted by Crippen LogP contribution is 2.43. The highest BCUT2D eigenvalue weighted by atomic mass is 19.4. The molecule has 0 radical (unpaired) electrons. The lowest BCUT2D eigenvalue weighted by Gasteiger charge is -2.19. The van der Waals surface area contributed by atoms with Gasteiger partial charge >= 0.3 is 6.18 Å². The number of alkyl halides is 3. The van der Waals surface area contributed by atoms with Gasteiger partial charge in [0.25, 0.3) is 0 Å². The highest BCUT2D eigenvalue weighted by molar-refractivity contribution is 6.12. The summed E-state index contributed by atoms with van der Waals surface area (Å²) in [6, 6.07) is 56.3. The number of fused-ring (bicyclic) bond motifs is 6. The highest BCUT2D eigenvalue weighted by Gasteiger charge is 2.31. The average Bonchev–Trinajstić information content (AvgIpc) is 3.75. The van der Waals surface area contributed by atoms with E-state index in [0.717, 1.165) is 65.9 Å². The van der Waals surface area contributed by atoms with Crippen LogP contribution >= 0.6 is 0 Å². The van der Waals surface area contributed by atoms with Gasteiger partial charge in [-0.15, -0.1) is 0 Å². The molecule has 0 atom stereocenters. The normalized spacial score (nSPS) is 11.9. The summed E-state index contributed by atoms with van der Waals surface area (Å²) in [6.07, 6.45) is -4.54. The molecule has 3 nitrogen and oxygen atoms in total. The van der Waals surface area contributed by atoms with Crippen molar-refractivity contribution in [2.45, 2.75) is 26.9 Å². The van der Waals surface area contributed by atoms with Crippen LogP contribution in [0.25, 0.3) is 88.4 Å². The van der Waals surface area contributed by atoms with Crippen LogP contribution in [0.5, 0.6) is 0 Å². The molecular formula is C53H36F3N3. The number of halogens is 3. The zero-order chi connectivity index (χ0) is 40.6. The first-order chi connectivity index (χ1) is 28.6. The van der Waals surface area contributed by atoms with E-state index in [9.17, 15) is 18.4 Å². The third-order valence-corrected chi connectivity index (χ3v) is 11.5. The molecule has 8 aromatic carbocycles. The maximum Gasteiger partial charge on any atom is 0.416 e. The van der Waals surface area contributed by atoms with E-state index in [1.54, 1.807) is 13.0 Å². The molecule has 6 heteroatoms. The summed E-state index contributed by atoms with van der Waals surface area (Å²) in [5, 5.41) is 15.4. The van der Waals surface area contributed by atoms with Gasteiger partial charge in [0.2, 0.25) is 0 Å². The Bertz CT molecular complexity index is 3150. The summed E-state index contributed by atoms with van der Waals surface area (Å²) in [4.78, 5) is 0.